The van der Waals surface area contributed by atoms with Gasteiger partial charge < -0.3 is 27.4 Å². The summed E-state index contributed by atoms with van der Waals surface area (Å²) in [6.07, 6.45) is 6.50. The van der Waals surface area contributed by atoms with E-state index in [-0.39, 0.29) is 23.6 Å². The first-order valence-corrected chi connectivity index (χ1v) is 13.5. The molecule has 4 rings (SSSR count). The van der Waals surface area contributed by atoms with E-state index in [0.717, 1.165) is 42.0 Å². The van der Waals surface area contributed by atoms with Gasteiger partial charge in [-0.3, -0.25) is 15.0 Å². The van der Waals surface area contributed by atoms with Crippen molar-refractivity contribution in [2.24, 2.45) is 5.73 Å². The smallest absolute Gasteiger partial charge is 0.238 e. The van der Waals surface area contributed by atoms with E-state index in [0.29, 0.717) is 36.2 Å². The highest BCUT2D eigenvalue weighted by Gasteiger charge is 2.22. The van der Waals surface area contributed by atoms with E-state index in [9.17, 15) is 9.59 Å². The summed E-state index contributed by atoms with van der Waals surface area (Å²) in [6, 6.07) is 7.85. The zero-order valence-corrected chi connectivity index (χ0v) is 21.5. The van der Waals surface area contributed by atoms with E-state index in [4.69, 9.17) is 11.1 Å². The minimum atomic E-state index is -0.245. The topological polar surface area (TPSA) is 172 Å². The Hall–Kier alpha value is -3.18. The van der Waals surface area contributed by atoms with Gasteiger partial charge in [-0.1, -0.05) is 44.0 Å². The molecule has 36 heavy (non-hydrogen) atoms. The van der Waals surface area contributed by atoms with Crippen molar-refractivity contribution >= 4 is 40.9 Å². The maximum atomic E-state index is 12.3. The lowest BCUT2D eigenvalue weighted by atomic mass is 10.0. The van der Waals surface area contributed by atoms with Gasteiger partial charge in [-0.05, 0) is 18.4 Å². The molecule has 1 saturated heterocycles. The number of amides is 2. The van der Waals surface area contributed by atoms with E-state index in [1.54, 1.807) is 18.7 Å². The van der Waals surface area contributed by atoms with Crippen LogP contribution in [0.2, 0.25) is 0 Å². The molecule has 2 fully saturated rings. The number of nitrogen functional groups attached to an aromatic ring is 1. The van der Waals surface area contributed by atoms with Crippen molar-refractivity contribution in [3.63, 3.8) is 0 Å². The standard InChI is InChI=1S/C22H29N7OS.C3H7NO/c23-19(18-20(24)27-13-28-21(18)29-16-3-1-2-4-16)15-7-5-14(6-8-15)11-26-22(30)17-12-31-10-9-25-17;1-2-3(4)5/h5-8,13,16-17,23,25H,1-4,9-12H2,(H,26,30)(H3,24,27,28,29);2H2,1H3,(H2,4,5). The van der Waals surface area contributed by atoms with Crippen LogP contribution in [0.1, 0.15) is 55.7 Å². The summed E-state index contributed by atoms with van der Waals surface area (Å²) in [5.41, 5.74) is 13.3. The summed E-state index contributed by atoms with van der Waals surface area (Å²) < 4.78 is 0. The molecule has 2 amide bonds. The highest BCUT2D eigenvalue weighted by atomic mass is 32.2. The van der Waals surface area contributed by atoms with E-state index < -0.39 is 0 Å². The predicted molar refractivity (Wildman–Crippen MR) is 145 cm³/mol. The molecule has 10 nitrogen and oxygen atoms in total. The maximum absolute atomic E-state index is 12.3. The van der Waals surface area contributed by atoms with Crippen molar-refractivity contribution in [2.45, 2.75) is 57.7 Å². The van der Waals surface area contributed by atoms with Crippen molar-refractivity contribution in [3.05, 3.63) is 47.3 Å². The van der Waals surface area contributed by atoms with Crippen LogP contribution in [0.5, 0.6) is 0 Å². The molecule has 0 spiro atoms. The van der Waals surface area contributed by atoms with E-state index in [2.05, 4.69) is 31.7 Å². The first-order chi connectivity index (χ1) is 17.4. The van der Waals surface area contributed by atoms with Crippen LogP contribution in [0.3, 0.4) is 0 Å². The Morgan fingerprint density at radius 3 is 2.50 bits per heavy atom. The molecule has 0 radical (unpaired) electrons. The van der Waals surface area contributed by atoms with Gasteiger partial charge in [-0.25, -0.2) is 9.97 Å². The second kappa shape index (κ2) is 13.8. The zero-order valence-electron chi connectivity index (χ0n) is 20.7. The Morgan fingerprint density at radius 1 is 1.19 bits per heavy atom. The molecule has 2 aliphatic rings. The largest absolute Gasteiger partial charge is 0.383 e. The number of nitrogens with zero attached hydrogens (tertiary/aromatic N) is 2. The second-order valence-corrected chi connectivity index (χ2v) is 9.95. The average molecular weight is 513 g/mol. The number of nitrogens with two attached hydrogens (primary N) is 2. The fraction of sp³-hybridized carbons (Fsp3) is 0.480. The van der Waals surface area contributed by atoms with Gasteiger partial charge in [0.05, 0.1) is 17.3 Å². The van der Waals surface area contributed by atoms with Crippen LogP contribution in [0.15, 0.2) is 30.6 Å². The molecule has 1 aromatic carbocycles. The van der Waals surface area contributed by atoms with Crippen LogP contribution >= 0.6 is 11.8 Å². The van der Waals surface area contributed by atoms with Crippen LogP contribution in [-0.2, 0) is 16.1 Å². The zero-order chi connectivity index (χ0) is 25.9. The summed E-state index contributed by atoms with van der Waals surface area (Å²) in [7, 11) is 0. The normalized spacial score (nSPS) is 17.5. The van der Waals surface area contributed by atoms with Crippen molar-refractivity contribution in [3.8, 4) is 0 Å². The van der Waals surface area contributed by atoms with E-state index >= 15 is 0 Å². The predicted octanol–water partition coefficient (Wildman–Crippen LogP) is 2.03. The molecule has 194 valence electrons. The van der Waals surface area contributed by atoms with Gasteiger partial charge >= 0.3 is 0 Å². The van der Waals surface area contributed by atoms with E-state index in [1.807, 2.05) is 24.3 Å². The number of hydrogen-bond donors (Lipinski definition) is 6. The molecule has 11 heteroatoms. The van der Waals surface area contributed by atoms with Crippen molar-refractivity contribution in [1.29, 1.82) is 5.41 Å². The van der Waals surface area contributed by atoms with Gasteiger partial charge in [0.2, 0.25) is 11.8 Å². The van der Waals surface area contributed by atoms with Gasteiger partial charge in [-0.2, -0.15) is 11.8 Å². The first kappa shape index (κ1) is 27.4. The molecule has 2 heterocycles. The lowest BCUT2D eigenvalue weighted by Gasteiger charge is -2.22. The number of aromatic nitrogens is 2. The van der Waals surface area contributed by atoms with Crippen LogP contribution in [-0.4, -0.2) is 57.6 Å². The summed E-state index contributed by atoms with van der Waals surface area (Å²) in [5, 5.41) is 18.4. The first-order valence-electron chi connectivity index (χ1n) is 12.3. The average Bonchev–Trinajstić information content (AvgIpc) is 3.41. The third-order valence-corrected chi connectivity index (χ3v) is 7.18. The Balaban J connectivity index is 0.000000658. The molecule has 8 N–H and O–H groups in total. The molecular formula is C25H36N8O2S. The highest BCUT2D eigenvalue weighted by Crippen LogP contribution is 2.26. The number of benzene rings is 1. The van der Waals surface area contributed by atoms with Crippen molar-refractivity contribution in [2.75, 3.05) is 29.1 Å². The van der Waals surface area contributed by atoms with Crippen LogP contribution in [0, 0.1) is 5.41 Å². The Bertz CT molecular complexity index is 1030. The summed E-state index contributed by atoms with van der Waals surface area (Å²) in [6.45, 7) is 3.05. The number of primary amides is 1. The lowest BCUT2D eigenvalue weighted by Crippen LogP contribution is -2.48. The number of hydrogen-bond acceptors (Lipinski definition) is 9. The Morgan fingerprint density at radius 2 is 1.89 bits per heavy atom. The SMILES string of the molecule is CCC(N)=O.N=C(c1ccc(CNC(=O)C2CSCCN2)cc1)c1c(N)ncnc1NC1CCCC1. The monoisotopic (exact) mass is 512 g/mol. The molecule has 1 aliphatic carbocycles. The number of nitrogens with one attached hydrogen (secondary N) is 4. The number of rotatable bonds is 8. The van der Waals surface area contributed by atoms with Gasteiger partial charge in [0.25, 0.3) is 0 Å². The quantitative estimate of drug-likeness (QED) is 0.292. The van der Waals surface area contributed by atoms with Crippen molar-refractivity contribution < 1.29 is 9.59 Å². The number of thioether (sulfide) groups is 1. The van der Waals surface area contributed by atoms with Gasteiger partial charge in [0.15, 0.2) is 0 Å². The Kier molecular flexibility index (Phi) is 10.5. The molecule has 1 atom stereocenters. The Labute approximate surface area is 216 Å². The highest BCUT2D eigenvalue weighted by molar-refractivity contribution is 7.99. The third kappa shape index (κ3) is 7.92. The van der Waals surface area contributed by atoms with Crippen molar-refractivity contribution in [1.82, 2.24) is 20.6 Å². The lowest BCUT2D eigenvalue weighted by molar-refractivity contribution is -0.122. The summed E-state index contributed by atoms with van der Waals surface area (Å²) >= 11 is 1.80. The molecule has 1 saturated carbocycles. The fourth-order valence-electron chi connectivity index (χ4n) is 4.00. The van der Waals surface area contributed by atoms with Crippen LogP contribution < -0.4 is 27.4 Å². The number of carbonyl (C=O) groups excluding carboxylic acids is 2. The fourth-order valence-corrected chi connectivity index (χ4v) is 4.93. The number of carbonyl (C=O) groups is 2. The van der Waals surface area contributed by atoms with Gasteiger partial charge in [0, 0.05) is 42.6 Å². The molecule has 1 unspecified atom stereocenters. The molecule has 1 aliphatic heterocycles. The molecule has 1 aromatic heterocycles. The minimum Gasteiger partial charge on any atom is -0.383 e. The summed E-state index contributed by atoms with van der Waals surface area (Å²) in [4.78, 5) is 30.3. The van der Waals surface area contributed by atoms with Gasteiger partial charge in [0.1, 0.15) is 18.0 Å². The molecule has 0 bridgehead atoms. The van der Waals surface area contributed by atoms with Gasteiger partial charge in [-0.15, -0.1) is 0 Å². The maximum Gasteiger partial charge on any atom is 0.238 e. The van der Waals surface area contributed by atoms with Crippen LogP contribution in [0.4, 0.5) is 11.6 Å². The molecule has 2 aromatic rings. The van der Waals surface area contributed by atoms with E-state index in [1.165, 1.54) is 19.2 Å². The number of anilines is 2. The molecular weight excluding hydrogens is 476 g/mol. The third-order valence-electron chi connectivity index (χ3n) is 6.12. The minimum absolute atomic E-state index is 0.0286. The summed E-state index contributed by atoms with van der Waals surface area (Å²) in [5.74, 6) is 2.56. The second-order valence-electron chi connectivity index (χ2n) is 8.80. The van der Waals surface area contributed by atoms with Crippen LogP contribution in [0.25, 0.3) is 0 Å².